The van der Waals surface area contributed by atoms with Crippen LogP contribution >= 0.6 is 11.6 Å². The van der Waals surface area contributed by atoms with Gasteiger partial charge in [0.2, 0.25) is 0 Å². The zero-order valence-corrected chi connectivity index (χ0v) is 12.8. The average molecular weight is 308 g/mol. The topological polar surface area (TPSA) is 50.7 Å². The first kappa shape index (κ1) is 15.5. The van der Waals surface area contributed by atoms with Crippen molar-refractivity contribution in [2.24, 2.45) is 0 Å². The fourth-order valence-corrected chi connectivity index (χ4v) is 2.32. The molecule has 5 heteroatoms. The molecule has 0 aliphatic rings. The Bertz CT molecular complexity index is 599. The molecule has 2 rings (SSSR count). The third kappa shape index (κ3) is 3.80. The molecule has 0 unspecified atom stereocenters. The minimum Gasteiger partial charge on any atom is -0.493 e. The predicted molar refractivity (Wildman–Crippen MR) is 84.2 cm³/mol. The van der Waals surface area contributed by atoms with Crippen LogP contribution in [0.25, 0.3) is 0 Å². The van der Waals surface area contributed by atoms with Gasteiger partial charge in [-0.05, 0) is 35.4 Å². The summed E-state index contributed by atoms with van der Waals surface area (Å²) in [6, 6.07) is 11.3. The highest BCUT2D eigenvalue weighted by molar-refractivity contribution is 6.32. The number of aliphatic hydroxyl groups is 1. The normalized spacial score (nSPS) is 10.3. The average Bonchev–Trinajstić information content (AvgIpc) is 2.52. The molecular weight excluding hydrogens is 290 g/mol. The van der Waals surface area contributed by atoms with Crippen LogP contribution in [0.4, 0.5) is 5.69 Å². The molecule has 0 radical (unpaired) electrons. The molecule has 2 N–H and O–H groups in total. The van der Waals surface area contributed by atoms with Crippen LogP contribution in [0, 0.1) is 0 Å². The van der Waals surface area contributed by atoms with Gasteiger partial charge in [0.15, 0.2) is 11.5 Å². The number of hydrogen-bond donors (Lipinski definition) is 2. The molecule has 0 heterocycles. The number of anilines is 1. The Morgan fingerprint density at radius 2 is 1.76 bits per heavy atom. The largest absolute Gasteiger partial charge is 0.493 e. The van der Waals surface area contributed by atoms with Gasteiger partial charge < -0.3 is 19.9 Å². The molecule has 0 fully saturated rings. The van der Waals surface area contributed by atoms with Crippen molar-refractivity contribution in [3.8, 4) is 11.5 Å². The molecule has 4 nitrogen and oxygen atoms in total. The van der Waals surface area contributed by atoms with E-state index in [4.69, 9.17) is 26.2 Å². The summed E-state index contributed by atoms with van der Waals surface area (Å²) in [5.74, 6) is 1.15. The summed E-state index contributed by atoms with van der Waals surface area (Å²) < 4.78 is 10.5. The van der Waals surface area contributed by atoms with Crippen molar-refractivity contribution in [3.05, 3.63) is 52.5 Å². The van der Waals surface area contributed by atoms with Crippen LogP contribution in [0.1, 0.15) is 11.1 Å². The van der Waals surface area contributed by atoms with Crippen molar-refractivity contribution in [2.75, 3.05) is 19.5 Å². The van der Waals surface area contributed by atoms with Gasteiger partial charge in [0.25, 0.3) is 0 Å². The second-order valence-corrected chi connectivity index (χ2v) is 4.93. The fraction of sp³-hybridized carbons (Fsp3) is 0.250. The molecule has 0 amide bonds. The molecule has 2 aromatic carbocycles. The lowest BCUT2D eigenvalue weighted by Crippen LogP contribution is -2.01. The van der Waals surface area contributed by atoms with Gasteiger partial charge >= 0.3 is 0 Å². The van der Waals surface area contributed by atoms with Gasteiger partial charge in [-0.15, -0.1) is 0 Å². The molecule has 0 saturated carbocycles. The molecule has 0 saturated heterocycles. The summed E-state index contributed by atoms with van der Waals surface area (Å²) in [4.78, 5) is 0. The maximum Gasteiger partial charge on any atom is 0.179 e. The number of hydrogen-bond acceptors (Lipinski definition) is 4. The van der Waals surface area contributed by atoms with Crippen LogP contribution in [-0.4, -0.2) is 19.3 Å². The third-order valence-corrected chi connectivity index (χ3v) is 3.41. The summed E-state index contributed by atoms with van der Waals surface area (Å²) in [6.45, 7) is 0.657. The van der Waals surface area contributed by atoms with Crippen molar-refractivity contribution >= 4 is 17.3 Å². The van der Waals surface area contributed by atoms with E-state index in [1.165, 1.54) is 0 Å². The highest BCUT2D eigenvalue weighted by atomic mass is 35.5. The summed E-state index contributed by atoms with van der Waals surface area (Å²) in [7, 11) is 3.14. The summed E-state index contributed by atoms with van der Waals surface area (Å²) in [5.41, 5.74) is 2.84. The van der Waals surface area contributed by atoms with Gasteiger partial charge in [-0.25, -0.2) is 0 Å². The number of nitrogens with one attached hydrogen (secondary N) is 1. The third-order valence-electron chi connectivity index (χ3n) is 3.13. The van der Waals surface area contributed by atoms with Crippen LogP contribution < -0.4 is 14.8 Å². The number of aliphatic hydroxyl groups excluding tert-OH is 1. The van der Waals surface area contributed by atoms with Gasteiger partial charge in [-0.3, -0.25) is 0 Å². The van der Waals surface area contributed by atoms with Crippen LogP contribution in [0.2, 0.25) is 5.02 Å². The summed E-state index contributed by atoms with van der Waals surface area (Å²) >= 11 is 6.17. The highest BCUT2D eigenvalue weighted by Crippen LogP contribution is 2.36. The molecule has 112 valence electrons. The van der Waals surface area contributed by atoms with E-state index in [9.17, 15) is 0 Å². The lowest BCUT2D eigenvalue weighted by Gasteiger charge is -2.13. The van der Waals surface area contributed by atoms with Crippen molar-refractivity contribution < 1.29 is 14.6 Å². The van der Waals surface area contributed by atoms with Crippen molar-refractivity contribution in [2.45, 2.75) is 13.2 Å². The molecule has 0 spiro atoms. The van der Waals surface area contributed by atoms with Crippen LogP contribution in [-0.2, 0) is 13.2 Å². The number of rotatable bonds is 6. The molecular formula is C16H18ClNO3. The first-order chi connectivity index (χ1) is 10.2. The molecule has 0 atom stereocenters. The van der Waals surface area contributed by atoms with Crippen molar-refractivity contribution in [3.63, 3.8) is 0 Å². The molecule has 0 aromatic heterocycles. The first-order valence-corrected chi connectivity index (χ1v) is 6.89. The Hall–Kier alpha value is -1.91. The molecule has 0 aliphatic heterocycles. The number of methoxy groups -OCH3 is 2. The zero-order chi connectivity index (χ0) is 15.2. The quantitative estimate of drug-likeness (QED) is 0.858. The summed E-state index contributed by atoms with van der Waals surface area (Å²) in [6.07, 6.45) is 0. The predicted octanol–water partition coefficient (Wildman–Crippen LogP) is 3.46. The molecule has 0 bridgehead atoms. The Morgan fingerprint density at radius 1 is 1.05 bits per heavy atom. The Kier molecular flexibility index (Phi) is 5.31. The zero-order valence-electron chi connectivity index (χ0n) is 12.0. The Labute approximate surface area is 129 Å². The maximum absolute atomic E-state index is 9.01. The van der Waals surface area contributed by atoms with E-state index in [0.717, 1.165) is 16.8 Å². The van der Waals surface area contributed by atoms with Gasteiger partial charge in [-0.1, -0.05) is 23.7 Å². The second kappa shape index (κ2) is 7.20. The van der Waals surface area contributed by atoms with Crippen molar-refractivity contribution in [1.82, 2.24) is 0 Å². The van der Waals surface area contributed by atoms with Gasteiger partial charge in [0.1, 0.15) is 0 Å². The minimum absolute atomic E-state index is 0.0472. The first-order valence-electron chi connectivity index (χ1n) is 6.52. The molecule has 0 aliphatic carbocycles. The summed E-state index contributed by atoms with van der Waals surface area (Å²) in [5, 5.41) is 12.8. The number of ether oxygens (including phenoxy) is 2. The lowest BCUT2D eigenvalue weighted by molar-refractivity contribution is 0.282. The lowest BCUT2D eigenvalue weighted by atomic mass is 10.1. The maximum atomic E-state index is 9.01. The second-order valence-electron chi connectivity index (χ2n) is 4.52. The van der Waals surface area contributed by atoms with E-state index in [0.29, 0.717) is 23.1 Å². The van der Waals surface area contributed by atoms with Crippen LogP contribution in [0.3, 0.4) is 0 Å². The monoisotopic (exact) mass is 307 g/mol. The van der Waals surface area contributed by atoms with E-state index in [-0.39, 0.29) is 6.61 Å². The number of benzene rings is 2. The minimum atomic E-state index is 0.0472. The van der Waals surface area contributed by atoms with E-state index in [1.54, 1.807) is 14.2 Å². The van der Waals surface area contributed by atoms with Gasteiger partial charge in [0, 0.05) is 12.2 Å². The van der Waals surface area contributed by atoms with E-state index in [1.807, 2.05) is 36.4 Å². The van der Waals surface area contributed by atoms with Crippen LogP contribution in [0.15, 0.2) is 36.4 Å². The SMILES string of the molecule is COc1cc(CNc2ccc(CO)cc2)cc(Cl)c1OC. The Morgan fingerprint density at radius 3 is 2.33 bits per heavy atom. The highest BCUT2D eigenvalue weighted by Gasteiger charge is 2.10. The smallest absolute Gasteiger partial charge is 0.179 e. The Balaban J connectivity index is 2.10. The van der Waals surface area contributed by atoms with Crippen molar-refractivity contribution in [1.29, 1.82) is 0 Å². The molecule has 21 heavy (non-hydrogen) atoms. The van der Waals surface area contributed by atoms with Gasteiger partial charge in [0.05, 0.1) is 25.8 Å². The standard InChI is InChI=1S/C16H18ClNO3/c1-20-15-8-12(7-14(17)16(15)21-2)9-18-13-5-3-11(10-19)4-6-13/h3-8,18-19H,9-10H2,1-2H3. The van der Waals surface area contributed by atoms with Gasteiger partial charge in [-0.2, -0.15) is 0 Å². The molecule has 2 aromatic rings. The van der Waals surface area contributed by atoms with E-state index >= 15 is 0 Å². The van der Waals surface area contributed by atoms with E-state index < -0.39 is 0 Å². The fourth-order valence-electron chi connectivity index (χ4n) is 2.01. The number of halogens is 1. The van der Waals surface area contributed by atoms with E-state index in [2.05, 4.69) is 5.32 Å². The van der Waals surface area contributed by atoms with Crippen LogP contribution in [0.5, 0.6) is 11.5 Å².